The van der Waals surface area contributed by atoms with Crippen LogP contribution in [0.1, 0.15) is 74.8 Å². The van der Waals surface area contributed by atoms with Crippen molar-refractivity contribution in [3.05, 3.63) is 75.9 Å². The summed E-state index contributed by atoms with van der Waals surface area (Å²) >= 11 is 0. The number of benzene rings is 2. The molecule has 3 rings (SSSR count). The van der Waals surface area contributed by atoms with Gasteiger partial charge in [0.05, 0.1) is 12.5 Å². The summed E-state index contributed by atoms with van der Waals surface area (Å²) in [5, 5.41) is 0. The Morgan fingerprint density at radius 3 is 2.36 bits per heavy atom. The highest BCUT2D eigenvalue weighted by Crippen LogP contribution is 2.37. The molecule has 0 aliphatic carbocycles. The normalized spacial score (nSPS) is 14.9. The lowest BCUT2D eigenvalue weighted by Gasteiger charge is -2.35. The average molecular weight is 448 g/mol. The first-order chi connectivity index (χ1) is 15.8. The van der Waals surface area contributed by atoms with Gasteiger partial charge in [-0.05, 0) is 79.8 Å². The third-order valence-electron chi connectivity index (χ3n) is 6.95. The third-order valence-corrected chi connectivity index (χ3v) is 6.95. The molecule has 0 saturated carbocycles. The second-order valence-electron chi connectivity index (χ2n) is 10.0. The Balaban J connectivity index is 2.00. The Labute approximate surface area is 200 Å². The summed E-state index contributed by atoms with van der Waals surface area (Å²) < 4.78 is 5.03. The molecule has 0 spiro atoms. The molecule has 0 aromatic heterocycles. The molecular formula is C30H41NO2. The maximum Gasteiger partial charge on any atom is 0.312 e. The summed E-state index contributed by atoms with van der Waals surface area (Å²) in [7, 11) is 1.48. The van der Waals surface area contributed by atoms with E-state index in [2.05, 4.69) is 68.1 Å². The van der Waals surface area contributed by atoms with Crippen molar-refractivity contribution in [2.24, 2.45) is 5.41 Å². The molecule has 0 N–H and O–H groups in total. The van der Waals surface area contributed by atoms with Gasteiger partial charge >= 0.3 is 5.97 Å². The highest BCUT2D eigenvalue weighted by atomic mass is 16.5. The highest BCUT2D eigenvalue weighted by molar-refractivity contribution is 5.85. The zero-order chi connectivity index (χ0) is 24.0. The van der Waals surface area contributed by atoms with E-state index in [1.807, 2.05) is 13.8 Å². The predicted octanol–water partition coefficient (Wildman–Crippen LogP) is 6.61. The Morgan fingerprint density at radius 1 is 1.03 bits per heavy atom. The quantitative estimate of drug-likeness (QED) is 0.427. The standard InChI is InChI=1S/C30H41NO2/c1-7-11-23-15-14-22(3)27(20-23)28(26-13-10-9-12-24(26)8-2)25-16-18-31(19-17-25)21-30(4,5)29(32)33-6/h9-10,12-15,20H,7-8,11,16-19,21H2,1-6H3. The van der Waals surface area contributed by atoms with Crippen LogP contribution in [0.2, 0.25) is 0 Å². The molecule has 0 bridgehead atoms. The maximum absolute atomic E-state index is 12.2. The van der Waals surface area contributed by atoms with E-state index in [-0.39, 0.29) is 5.97 Å². The number of hydrogen-bond donors (Lipinski definition) is 0. The van der Waals surface area contributed by atoms with E-state index in [0.717, 1.165) is 51.7 Å². The summed E-state index contributed by atoms with van der Waals surface area (Å²) in [6, 6.07) is 15.9. The van der Waals surface area contributed by atoms with E-state index in [4.69, 9.17) is 4.74 Å². The van der Waals surface area contributed by atoms with Crippen molar-refractivity contribution in [1.82, 2.24) is 4.90 Å². The van der Waals surface area contributed by atoms with Gasteiger partial charge < -0.3 is 9.64 Å². The summed E-state index contributed by atoms with van der Waals surface area (Å²) in [5.41, 5.74) is 9.44. The van der Waals surface area contributed by atoms with Crippen LogP contribution in [0.15, 0.2) is 48.0 Å². The smallest absolute Gasteiger partial charge is 0.312 e. The fourth-order valence-electron chi connectivity index (χ4n) is 5.11. The number of rotatable bonds is 8. The molecule has 1 heterocycles. The van der Waals surface area contributed by atoms with E-state index >= 15 is 0 Å². The Kier molecular flexibility index (Phi) is 8.53. The van der Waals surface area contributed by atoms with Gasteiger partial charge in [-0.3, -0.25) is 4.79 Å². The van der Waals surface area contributed by atoms with Gasteiger partial charge in [-0.15, -0.1) is 0 Å². The van der Waals surface area contributed by atoms with E-state index in [1.54, 1.807) is 5.57 Å². The second-order valence-corrected chi connectivity index (χ2v) is 10.0. The fraction of sp³-hybridized carbons (Fsp3) is 0.500. The van der Waals surface area contributed by atoms with Crippen LogP contribution in [0.25, 0.3) is 5.57 Å². The molecular weight excluding hydrogens is 406 g/mol. The van der Waals surface area contributed by atoms with Crippen molar-refractivity contribution in [2.45, 2.75) is 66.7 Å². The molecule has 1 aliphatic heterocycles. The third kappa shape index (κ3) is 5.95. The maximum atomic E-state index is 12.2. The minimum Gasteiger partial charge on any atom is -0.469 e. The van der Waals surface area contributed by atoms with Crippen LogP contribution in [0.4, 0.5) is 0 Å². The van der Waals surface area contributed by atoms with Crippen molar-refractivity contribution >= 4 is 11.5 Å². The number of hydrogen-bond acceptors (Lipinski definition) is 3. The van der Waals surface area contributed by atoms with Gasteiger partial charge in [0.2, 0.25) is 0 Å². The summed E-state index contributed by atoms with van der Waals surface area (Å²) in [6.45, 7) is 13.4. The number of aryl methyl sites for hydroxylation is 3. The van der Waals surface area contributed by atoms with E-state index < -0.39 is 5.41 Å². The van der Waals surface area contributed by atoms with Crippen molar-refractivity contribution in [3.8, 4) is 0 Å². The van der Waals surface area contributed by atoms with Gasteiger partial charge in [-0.1, -0.05) is 68.3 Å². The molecule has 3 nitrogen and oxygen atoms in total. The molecule has 3 heteroatoms. The van der Waals surface area contributed by atoms with Crippen LogP contribution in [0.3, 0.4) is 0 Å². The first-order valence-corrected chi connectivity index (χ1v) is 12.5. The molecule has 0 amide bonds. The largest absolute Gasteiger partial charge is 0.469 e. The second kappa shape index (κ2) is 11.2. The van der Waals surface area contributed by atoms with Crippen molar-refractivity contribution in [1.29, 1.82) is 0 Å². The fourth-order valence-corrected chi connectivity index (χ4v) is 5.11. The number of carbonyl (C=O) groups excluding carboxylic acids is 1. The van der Waals surface area contributed by atoms with E-state index in [9.17, 15) is 4.79 Å². The highest BCUT2D eigenvalue weighted by Gasteiger charge is 2.32. The number of esters is 1. The summed E-state index contributed by atoms with van der Waals surface area (Å²) in [6.07, 6.45) is 5.36. The van der Waals surface area contributed by atoms with Crippen LogP contribution in [-0.2, 0) is 22.4 Å². The monoisotopic (exact) mass is 447 g/mol. The summed E-state index contributed by atoms with van der Waals surface area (Å²) in [5.74, 6) is -0.134. The van der Waals surface area contributed by atoms with Crippen LogP contribution in [0, 0.1) is 12.3 Å². The van der Waals surface area contributed by atoms with Crippen LogP contribution in [-0.4, -0.2) is 37.6 Å². The van der Waals surface area contributed by atoms with Crippen LogP contribution in [0.5, 0.6) is 0 Å². The van der Waals surface area contributed by atoms with Crippen LogP contribution < -0.4 is 0 Å². The van der Waals surface area contributed by atoms with E-state index in [1.165, 1.54) is 40.5 Å². The van der Waals surface area contributed by atoms with Crippen molar-refractivity contribution < 1.29 is 9.53 Å². The number of likely N-dealkylation sites (tertiary alicyclic amines) is 1. The van der Waals surface area contributed by atoms with Gasteiger partial charge in [0.1, 0.15) is 0 Å². The van der Waals surface area contributed by atoms with Gasteiger partial charge in [0, 0.05) is 19.6 Å². The topological polar surface area (TPSA) is 29.5 Å². The molecule has 1 saturated heterocycles. The average Bonchev–Trinajstić information content (AvgIpc) is 2.82. The Bertz CT molecular complexity index is 992. The van der Waals surface area contributed by atoms with Gasteiger partial charge in [0.15, 0.2) is 0 Å². The molecule has 0 radical (unpaired) electrons. The van der Waals surface area contributed by atoms with E-state index in [0.29, 0.717) is 0 Å². The zero-order valence-electron chi connectivity index (χ0n) is 21.5. The first kappa shape index (κ1) is 25.2. The number of piperidine rings is 1. The number of ether oxygens (including phenoxy) is 1. The molecule has 33 heavy (non-hydrogen) atoms. The molecule has 0 atom stereocenters. The number of carbonyl (C=O) groups is 1. The SMILES string of the molecule is CCCc1ccc(C)c(C(=C2CCN(CC(C)(C)C(=O)OC)CC2)c2ccccc2CC)c1. The van der Waals surface area contributed by atoms with Gasteiger partial charge in [-0.2, -0.15) is 0 Å². The molecule has 0 unspecified atom stereocenters. The Hall–Kier alpha value is -2.39. The molecule has 2 aromatic rings. The predicted molar refractivity (Wildman–Crippen MR) is 138 cm³/mol. The molecule has 1 fully saturated rings. The lowest BCUT2D eigenvalue weighted by molar-refractivity contribution is -0.151. The molecule has 1 aliphatic rings. The minimum atomic E-state index is -0.487. The number of methoxy groups -OCH3 is 1. The minimum absolute atomic E-state index is 0.134. The Morgan fingerprint density at radius 2 is 1.73 bits per heavy atom. The van der Waals surface area contributed by atoms with Crippen molar-refractivity contribution in [3.63, 3.8) is 0 Å². The molecule has 2 aromatic carbocycles. The van der Waals surface area contributed by atoms with Crippen molar-refractivity contribution in [2.75, 3.05) is 26.7 Å². The van der Waals surface area contributed by atoms with Gasteiger partial charge in [-0.25, -0.2) is 0 Å². The summed E-state index contributed by atoms with van der Waals surface area (Å²) in [4.78, 5) is 14.6. The molecule has 178 valence electrons. The van der Waals surface area contributed by atoms with Crippen LogP contribution >= 0.6 is 0 Å². The lowest BCUT2D eigenvalue weighted by Crippen LogP contribution is -2.42. The van der Waals surface area contributed by atoms with Gasteiger partial charge in [0.25, 0.3) is 0 Å². The lowest BCUT2D eigenvalue weighted by atomic mass is 9.83. The number of nitrogens with zero attached hydrogens (tertiary/aromatic N) is 1. The zero-order valence-corrected chi connectivity index (χ0v) is 21.5. The first-order valence-electron chi connectivity index (χ1n) is 12.5.